The highest BCUT2D eigenvalue weighted by molar-refractivity contribution is 6.35. The maximum Gasteiger partial charge on any atom is 0.233 e. The van der Waals surface area contributed by atoms with E-state index in [0.717, 1.165) is 13.1 Å². The molecule has 0 aliphatic carbocycles. The standard InChI is InChI=1S/C17H23Cl2N3O3/c1-20-16(23)12-21-6-8-22(9-7-21)17(24)3-2-10-25-15-5-4-13(18)11-14(15)19/h4-5,11H,2-3,6-10,12H2,1H3,(H,20,23). The fourth-order valence-corrected chi connectivity index (χ4v) is 3.06. The summed E-state index contributed by atoms with van der Waals surface area (Å²) in [7, 11) is 1.63. The number of likely N-dealkylation sites (N-methyl/N-ethyl adjacent to an activating group) is 1. The van der Waals surface area contributed by atoms with Gasteiger partial charge >= 0.3 is 0 Å². The molecular formula is C17H23Cl2N3O3. The van der Waals surface area contributed by atoms with Crippen LogP contribution in [0.25, 0.3) is 0 Å². The number of hydrogen-bond donors (Lipinski definition) is 1. The van der Waals surface area contributed by atoms with E-state index in [2.05, 4.69) is 5.32 Å². The molecule has 1 aliphatic heterocycles. The van der Waals surface area contributed by atoms with Crippen molar-refractivity contribution in [1.29, 1.82) is 0 Å². The van der Waals surface area contributed by atoms with Crippen molar-refractivity contribution in [3.63, 3.8) is 0 Å². The van der Waals surface area contributed by atoms with Crippen LogP contribution in [0.15, 0.2) is 18.2 Å². The molecule has 1 aromatic carbocycles. The van der Waals surface area contributed by atoms with Gasteiger partial charge in [0.1, 0.15) is 5.75 Å². The van der Waals surface area contributed by atoms with Gasteiger partial charge in [-0.05, 0) is 24.6 Å². The molecule has 6 nitrogen and oxygen atoms in total. The van der Waals surface area contributed by atoms with Crippen molar-refractivity contribution in [1.82, 2.24) is 15.1 Å². The third-order valence-corrected chi connectivity index (χ3v) is 4.59. The molecule has 25 heavy (non-hydrogen) atoms. The van der Waals surface area contributed by atoms with Crippen molar-refractivity contribution < 1.29 is 14.3 Å². The van der Waals surface area contributed by atoms with Crippen molar-refractivity contribution >= 4 is 35.0 Å². The Morgan fingerprint density at radius 2 is 1.92 bits per heavy atom. The number of rotatable bonds is 7. The predicted molar refractivity (Wildman–Crippen MR) is 98.3 cm³/mol. The second kappa shape index (κ2) is 9.85. The Kier molecular flexibility index (Phi) is 7.81. The van der Waals surface area contributed by atoms with Crippen LogP contribution >= 0.6 is 23.2 Å². The zero-order valence-electron chi connectivity index (χ0n) is 14.3. The molecule has 1 N–H and O–H groups in total. The number of carbonyl (C=O) groups is 2. The predicted octanol–water partition coefficient (Wildman–Crippen LogP) is 2.04. The van der Waals surface area contributed by atoms with Crippen molar-refractivity contribution in [2.75, 3.05) is 46.4 Å². The molecule has 0 radical (unpaired) electrons. The minimum atomic E-state index is -0.00205. The van der Waals surface area contributed by atoms with Gasteiger partial charge in [0.15, 0.2) is 0 Å². The average molecular weight is 388 g/mol. The van der Waals surface area contributed by atoms with Crippen LogP contribution in [0.1, 0.15) is 12.8 Å². The van der Waals surface area contributed by atoms with Crippen LogP contribution in [0, 0.1) is 0 Å². The highest BCUT2D eigenvalue weighted by atomic mass is 35.5. The summed E-state index contributed by atoms with van der Waals surface area (Å²) in [6.45, 7) is 3.55. The van der Waals surface area contributed by atoms with Crippen molar-refractivity contribution in [2.45, 2.75) is 12.8 Å². The second-order valence-corrected chi connectivity index (χ2v) is 6.70. The number of carbonyl (C=O) groups excluding carboxylic acids is 2. The number of nitrogens with zero attached hydrogens (tertiary/aromatic N) is 2. The van der Waals surface area contributed by atoms with Crippen LogP contribution in [-0.2, 0) is 9.59 Å². The number of amides is 2. The van der Waals surface area contributed by atoms with E-state index in [0.29, 0.717) is 54.9 Å². The summed E-state index contributed by atoms with van der Waals surface area (Å²) in [6.07, 6.45) is 1.05. The van der Waals surface area contributed by atoms with E-state index in [1.165, 1.54) is 0 Å². The largest absolute Gasteiger partial charge is 0.492 e. The summed E-state index contributed by atoms with van der Waals surface area (Å²) in [5, 5.41) is 3.63. The molecule has 0 bridgehead atoms. The second-order valence-electron chi connectivity index (χ2n) is 5.86. The minimum absolute atomic E-state index is 0.00205. The monoisotopic (exact) mass is 387 g/mol. The maximum absolute atomic E-state index is 12.2. The number of hydrogen-bond acceptors (Lipinski definition) is 4. The lowest BCUT2D eigenvalue weighted by Crippen LogP contribution is -2.50. The summed E-state index contributed by atoms with van der Waals surface area (Å²) >= 11 is 11.9. The van der Waals surface area contributed by atoms with Crippen LogP contribution < -0.4 is 10.1 Å². The van der Waals surface area contributed by atoms with E-state index in [1.807, 2.05) is 9.80 Å². The van der Waals surface area contributed by atoms with Crippen LogP contribution in [0.3, 0.4) is 0 Å². The van der Waals surface area contributed by atoms with Crippen LogP contribution in [0.4, 0.5) is 0 Å². The molecule has 0 saturated carbocycles. The third kappa shape index (κ3) is 6.38. The lowest BCUT2D eigenvalue weighted by Gasteiger charge is -2.34. The molecule has 0 aromatic heterocycles. The Balaban J connectivity index is 1.65. The van der Waals surface area contributed by atoms with Crippen molar-refractivity contribution in [3.05, 3.63) is 28.2 Å². The average Bonchev–Trinajstić information content (AvgIpc) is 2.60. The van der Waals surface area contributed by atoms with Gasteiger partial charge in [-0.1, -0.05) is 23.2 Å². The number of ether oxygens (including phenoxy) is 1. The molecule has 2 rings (SSSR count). The fourth-order valence-electron chi connectivity index (χ4n) is 2.59. The molecule has 1 saturated heterocycles. The molecule has 1 fully saturated rings. The van der Waals surface area contributed by atoms with Gasteiger partial charge in [-0.2, -0.15) is 0 Å². The van der Waals surface area contributed by atoms with Gasteiger partial charge in [-0.25, -0.2) is 0 Å². The number of benzene rings is 1. The Bertz CT molecular complexity index is 605. The van der Waals surface area contributed by atoms with E-state index >= 15 is 0 Å². The van der Waals surface area contributed by atoms with Gasteiger partial charge in [-0.15, -0.1) is 0 Å². The Morgan fingerprint density at radius 1 is 1.20 bits per heavy atom. The van der Waals surface area contributed by atoms with Gasteiger partial charge < -0.3 is 15.0 Å². The van der Waals surface area contributed by atoms with E-state index in [9.17, 15) is 9.59 Å². The quantitative estimate of drug-likeness (QED) is 0.727. The van der Waals surface area contributed by atoms with E-state index in [1.54, 1.807) is 25.2 Å². The first kappa shape index (κ1) is 19.8. The molecular weight excluding hydrogens is 365 g/mol. The maximum atomic E-state index is 12.2. The molecule has 0 atom stereocenters. The Hall–Kier alpha value is -1.50. The zero-order valence-corrected chi connectivity index (χ0v) is 15.8. The van der Waals surface area contributed by atoms with Gasteiger partial charge in [-0.3, -0.25) is 14.5 Å². The number of halogens is 2. The van der Waals surface area contributed by atoms with Crippen LogP contribution in [-0.4, -0.2) is 68.0 Å². The molecule has 0 unspecified atom stereocenters. The van der Waals surface area contributed by atoms with E-state index < -0.39 is 0 Å². The first-order chi connectivity index (χ1) is 12.0. The normalized spacial score (nSPS) is 15.1. The zero-order chi connectivity index (χ0) is 18.2. The third-order valence-electron chi connectivity index (χ3n) is 4.06. The first-order valence-corrected chi connectivity index (χ1v) is 9.03. The topological polar surface area (TPSA) is 61.9 Å². The lowest BCUT2D eigenvalue weighted by atomic mass is 10.2. The smallest absolute Gasteiger partial charge is 0.233 e. The van der Waals surface area contributed by atoms with Crippen LogP contribution in [0.2, 0.25) is 10.0 Å². The lowest BCUT2D eigenvalue weighted by molar-refractivity contribution is -0.133. The number of piperazine rings is 1. The minimum Gasteiger partial charge on any atom is -0.492 e. The highest BCUT2D eigenvalue weighted by Crippen LogP contribution is 2.27. The van der Waals surface area contributed by atoms with Gasteiger partial charge in [0, 0.05) is 44.7 Å². The molecule has 0 spiro atoms. The number of nitrogens with one attached hydrogen (secondary N) is 1. The Morgan fingerprint density at radius 3 is 2.56 bits per heavy atom. The van der Waals surface area contributed by atoms with Crippen molar-refractivity contribution in [3.8, 4) is 5.75 Å². The van der Waals surface area contributed by atoms with Gasteiger partial charge in [0.2, 0.25) is 11.8 Å². The summed E-state index contributed by atoms with van der Waals surface area (Å²) < 4.78 is 5.59. The summed E-state index contributed by atoms with van der Waals surface area (Å²) in [6, 6.07) is 5.06. The highest BCUT2D eigenvalue weighted by Gasteiger charge is 2.21. The summed E-state index contributed by atoms with van der Waals surface area (Å²) in [5.41, 5.74) is 0. The SMILES string of the molecule is CNC(=O)CN1CCN(C(=O)CCCOc2ccc(Cl)cc2Cl)CC1. The van der Waals surface area contributed by atoms with Gasteiger partial charge in [0.05, 0.1) is 18.2 Å². The van der Waals surface area contributed by atoms with Gasteiger partial charge in [0.25, 0.3) is 0 Å². The van der Waals surface area contributed by atoms with Crippen LogP contribution in [0.5, 0.6) is 5.75 Å². The molecule has 2 amide bonds. The van der Waals surface area contributed by atoms with Crippen molar-refractivity contribution in [2.24, 2.45) is 0 Å². The van der Waals surface area contributed by atoms with E-state index in [4.69, 9.17) is 27.9 Å². The Labute approximate surface area is 158 Å². The van der Waals surface area contributed by atoms with E-state index in [-0.39, 0.29) is 11.8 Å². The molecule has 138 valence electrons. The first-order valence-electron chi connectivity index (χ1n) is 8.28. The molecule has 8 heteroatoms. The molecule has 1 aromatic rings. The molecule has 1 heterocycles. The fraction of sp³-hybridized carbons (Fsp3) is 0.529. The summed E-state index contributed by atoms with van der Waals surface area (Å²) in [4.78, 5) is 27.5. The summed E-state index contributed by atoms with van der Waals surface area (Å²) in [5.74, 6) is 0.685. The molecule has 1 aliphatic rings.